The van der Waals surface area contributed by atoms with Crippen LogP contribution in [0.4, 0.5) is 11.4 Å². The van der Waals surface area contributed by atoms with Crippen LogP contribution in [0.5, 0.6) is 5.75 Å². The lowest BCUT2D eigenvalue weighted by Crippen LogP contribution is -2.15. The Morgan fingerprint density at radius 1 is 1.37 bits per heavy atom. The normalized spacial score (nSPS) is 12.3. The van der Waals surface area contributed by atoms with Gasteiger partial charge in [0.15, 0.2) is 5.75 Å². The number of hydrogen-bond donors (Lipinski definition) is 1. The van der Waals surface area contributed by atoms with Crippen LogP contribution in [0.1, 0.15) is 40.5 Å². The monoisotopic (exact) mass is 266 g/mol. The molecule has 1 rings (SSSR count). The molecule has 0 aliphatic rings. The molecule has 1 aromatic carbocycles. The summed E-state index contributed by atoms with van der Waals surface area (Å²) in [4.78, 5) is 10.5. The summed E-state index contributed by atoms with van der Waals surface area (Å²) < 4.78 is 5.51. The highest BCUT2D eigenvalue weighted by Gasteiger charge is 2.17. The molecule has 0 fully saturated rings. The smallest absolute Gasteiger partial charge is 0.311 e. The number of anilines is 1. The quantitative estimate of drug-likeness (QED) is 0.598. The molecule has 0 bridgehead atoms. The van der Waals surface area contributed by atoms with Gasteiger partial charge in [0.25, 0.3) is 0 Å². The molecule has 5 nitrogen and oxygen atoms in total. The minimum Gasteiger partial charge on any atom is -0.484 e. The summed E-state index contributed by atoms with van der Waals surface area (Å²) in [6.07, 6.45) is 2.05. The van der Waals surface area contributed by atoms with E-state index in [0.717, 1.165) is 18.5 Å². The zero-order chi connectivity index (χ0) is 14.4. The van der Waals surface area contributed by atoms with Gasteiger partial charge in [0.2, 0.25) is 0 Å². The SMILES string of the molecule is CCCC(C)Nc1ccc([N+](=O)[O-])c(OC(C)C)c1. The number of nitrogens with zero attached hydrogens (tertiary/aromatic N) is 1. The second-order valence-electron chi connectivity index (χ2n) is 4.94. The van der Waals surface area contributed by atoms with Crippen LogP contribution in [0.25, 0.3) is 0 Å². The Labute approximate surface area is 114 Å². The fourth-order valence-corrected chi connectivity index (χ4v) is 1.89. The number of benzene rings is 1. The van der Waals surface area contributed by atoms with E-state index in [0.29, 0.717) is 11.8 Å². The summed E-state index contributed by atoms with van der Waals surface area (Å²) in [6, 6.07) is 5.24. The maximum Gasteiger partial charge on any atom is 0.311 e. The van der Waals surface area contributed by atoms with Crippen molar-refractivity contribution >= 4 is 11.4 Å². The highest BCUT2D eigenvalue weighted by molar-refractivity contribution is 5.58. The largest absolute Gasteiger partial charge is 0.484 e. The molecule has 5 heteroatoms. The van der Waals surface area contributed by atoms with Crippen LogP contribution < -0.4 is 10.1 Å². The maximum atomic E-state index is 10.9. The van der Waals surface area contributed by atoms with Gasteiger partial charge in [0.1, 0.15) is 0 Å². The first-order valence-electron chi connectivity index (χ1n) is 6.65. The fourth-order valence-electron chi connectivity index (χ4n) is 1.89. The molecule has 1 unspecified atom stereocenters. The third-order valence-electron chi connectivity index (χ3n) is 2.65. The van der Waals surface area contributed by atoms with E-state index >= 15 is 0 Å². The van der Waals surface area contributed by atoms with Crippen LogP contribution in [-0.2, 0) is 0 Å². The molecule has 0 amide bonds. The molecule has 0 aromatic heterocycles. The zero-order valence-electron chi connectivity index (χ0n) is 12.0. The molecular weight excluding hydrogens is 244 g/mol. The molecule has 0 radical (unpaired) electrons. The summed E-state index contributed by atoms with van der Waals surface area (Å²) in [5.41, 5.74) is 0.851. The Hall–Kier alpha value is -1.78. The average Bonchev–Trinajstić information content (AvgIpc) is 2.28. The van der Waals surface area contributed by atoms with E-state index in [1.165, 1.54) is 6.07 Å². The van der Waals surface area contributed by atoms with Crippen molar-refractivity contribution in [2.75, 3.05) is 5.32 Å². The number of nitrogens with one attached hydrogen (secondary N) is 1. The molecule has 0 saturated heterocycles. The Kier molecular flexibility index (Phi) is 5.60. The Morgan fingerprint density at radius 2 is 2.05 bits per heavy atom. The van der Waals surface area contributed by atoms with Crippen molar-refractivity contribution in [2.45, 2.75) is 52.7 Å². The van der Waals surface area contributed by atoms with Crippen LogP contribution >= 0.6 is 0 Å². The summed E-state index contributed by atoms with van der Waals surface area (Å²) in [5, 5.41) is 14.3. The van der Waals surface area contributed by atoms with Crippen molar-refractivity contribution in [3.63, 3.8) is 0 Å². The summed E-state index contributed by atoms with van der Waals surface area (Å²) >= 11 is 0. The van der Waals surface area contributed by atoms with Crippen LogP contribution in [0, 0.1) is 10.1 Å². The number of ether oxygens (including phenoxy) is 1. The van der Waals surface area contributed by atoms with Gasteiger partial charge in [0, 0.05) is 23.9 Å². The molecule has 0 aliphatic carbocycles. The lowest BCUT2D eigenvalue weighted by molar-refractivity contribution is -0.386. The van der Waals surface area contributed by atoms with Crippen LogP contribution in [0.3, 0.4) is 0 Å². The Bertz CT molecular complexity index is 433. The van der Waals surface area contributed by atoms with Crippen LogP contribution in [0.2, 0.25) is 0 Å². The van der Waals surface area contributed by atoms with Gasteiger partial charge in [-0.25, -0.2) is 0 Å². The van der Waals surface area contributed by atoms with E-state index in [1.54, 1.807) is 12.1 Å². The Morgan fingerprint density at radius 3 is 2.58 bits per heavy atom. The van der Waals surface area contributed by atoms with Crippen LogP contribution in [0.15, 0.2) is 18.2 Å². The molecule has 19 heavy (non-hydrogen) atoms. The lowest BCUT2D eigenvalue weighted by Gasteiger charge is -2.16. The maximum absolute atomic E-state index is 10.9. The minimum atomic E-state index is -0.420. The summed E-state index contributed by atoms with van der Waals surface area (Å²) in [7, 11) is 0. The van der Waals surface area contributed by atoms with Crippen molar-refractivity contribution in [1.29, 1.82) is 0 Å². The van der Waals surface area contributed by atoms with Gasteiger partial charge in [-0.15, -0.1) is 0 Å². The zero-order valence-corrected chi connectivity index (χ0v) is 12.0. The van der Waals surface area contributed by atoms with Gasteiger partial charge < -0.3 is 10.1 Å². The van der Waals surface area contributed by atoms with Crippen molar-refractivity contribution in [3.8, 4) is 5.75 Å². The highest BCUT2D eigenvalue weighted by Crippen LogP contribution is 2.31. The van der Waals surface area contributed by atoms with E-state index in [-0.39, 0.29) is 11.8 Å². The molecule has 106 valence electrons. The number of nitro benzene ring substituents is 1. The van der Waals surface area contributed by atoms with E-state index in [4.69, 9.17) is 4.74 Å². The van der Waals surface area contributed by atoms with Crippen molar-refractivity contribution < 1.29 is 9.66 Å². The summed E-state index contributed by atoms with van der Waals surface area (Å²) in [6.45, 7) is 7.92. The van der Waals surface area contributed by atoms with E-state index < -0.39 is 4.92 Å². The van der Waals surface area contributed by atoms with Gasteiger partial charge in [-0.1, -0.05) is 13.3 Å². The second kappa shape index (κ2) is 6.97. The van der Waals surface area contributed by atoms with Crippen molar-refractivity contribution in [3.05, 3.63) is 28.3 Å². The molecule has 0 spiro atoms. The topological polar surface area (TPSA) is 64.4 Å². The Balaban J connectivity index is 2.94. The standard InChI is InChI=1S/C14H22N2O3/c1-5-6-11(4)15-12-7-8-13(16(17)18)14(9-12)19-10(2)3/h7-11,15H,5-6H2,1-4H3. The van der Waals surface area contributed by atoms with Crippen molar-refractivity contribution in [2.24, 2.45) is 0 Å². The molecule has 0 saturated carbocycles. The second-order valence-corrected chi connectivity index (χ2v) is 4.94. The molecule has 1 aromatic rings. The third kappa shape index (κ3) is 4.77. The van der Waals surface area contributed by atoms with Gasteiger partial charge in [0.05, 0.1) is 11.0 Å². The predicted octanol–water partition coefficient (Wildman–Crippen LogP) is 3.98. The summed E-state index contributed by atoms with van der Waals surface area (Å²) in [5.74, 6) is 0.314. The molecular formula is C14H22N2O3. The first kappa shape index (κ1) is 15.3. The molecule has 1 N–H and O–H groups in total. The van der Waals surface area contributed by atoms with E-state index in [2.05, 4.69) is 19.2 Å². The average molecular weight is 266 g/mol. The van der Waals surface area contributed by atoms with Gasteiger partial charge in [-0.05, 0) is 33.3 Å². The first-order chi connectivity index (χ1) is 8.93. The minimum absolute atomic E-state index is 0.00222. The van der Waals surface area contributed by atoms with Gasteiger partial charge in [-0.3, -0.25) is 10.1 Å². The van der Waals surface area contributed by atoms with Crippen LogP contribution in [-0.4, -0.2) is 17.1 Å². The molecule has 1 atom stereocenters. The van der Waals surface area contributed by atoms with Crippen molar-refractivity contribution in [1.82, 2.24) is 0 Å². The highest BCUT2D eigenvalue weighted by atomic mass is 16.6. The number of rotatable bonds is 7. The fraction of sp³-hybridized carbons (Fsp3) is 0.571. The third-order valence-corrected chi connectivity index (χ3v) is 2.65. The first-order valence-corrected chi connectivity index (χ1v) is 6.65. The lowest BCUT2D eigenvalue weighted by atomic mass is 10.2. The molecule has 0 aliphatic heterocycles. The van der Waals surface area contributed by atoms with Gasteiger partial charge >= 0.3 is 5.69 Å². The number of nitro groups is 1. The van der Waals surface area contributed by atoms with E-state index in [1.807, 2.05) is 13.8 Å². The predicted molar refractivity (Wildman–Crippen MR) is 76.9 cm³/mol. The molecule has 0 heterocycles. The van der Waals surface area contributed by atoms with E-state index in [9.17, 15) is 10.1 Å². The van der Waals surface area contributed by atoms with Gasteiger partial charge in [-0.2, -0.15) is 0 Å². The number of hydrogen-bond acceptors (Lipinski definition) is 4.